The molecule has 0 spiro atoms. The van der Waals surface area contributed by atoms with Crippen LogP contribution in [0.2, 0.25) is 0 Å². The molecule has 2 rings (SSSR count). The molecule has 0 atom stereocenters. The van der Waals surface area contributed by atoms with Gasteiger partial charge in [0.05, 0.1) is 7.11 Å². The first-order valence-electron chi connectivity index (χ1n) is 4.56. The summed E-state index contributed by atoms with van der Waals surface area (Å²) in [6.07, 6.45) is 0. The van der Waals surface area contributed by atoms with E-state index >= 15 is 0 Å². The smallest absolute Gasteiger partial charge is 0.165 e. The Morgan fingerprint density at radius 2 is 2.00 bits per heavy atom. The van der Waals surface area contributed by atoms with Gasteiger partial charge in [-0.05, 0) is 28.5 Å². The van der Waals surface area contributed by atoms with E-state index in [1.54, 1.807) is 6.07 Å². The quantitative estimate of drug-likeness (QED) is 0.752. The first kappa shape index (κ1) is 10.4. The van der Waals surface area contributed by atoms with Crippen LogP contribution >= 0.6 is 15.9 Å². The molecule has 0 saturated heterocycles. The lowest BCUT2D eigenvalue weighted by Gasteiger charge is -2.05. The van der Waals surface area contributed by atoms with E-state index in [0.29, 0.717) is 0 Å². The minimum Gasteiger partial charge on any atom is -0.494 e. The van der Waals surface area contributed by atoms with E-state index < -0.39 is 0 Å². The zero-order valence-corrected chi connectivity index (χ0v) is 9.84. The highest BCUT2D eigenvalue weighted by Crippen LogP contribution is 2.25. The zero-order chi connectivity index (χ0) is 10.8. The van der Waals surface area contributed by atoms with Crippen LogP contribution in [0.4, 0.5) is 4.39 Å². The summed E-state index contributed by atoms with van der Waals surface area (Å²) in [6.45, 7) is 0. The molecule has 78 valence electrons. The molecule has 0 aliphatic heterocycles. The Kier molecular flexibility index (Phi) is 2.91. The highest BCUT2D eigenvalue weighted by atomic mass is 79.9. The van der Waals surface area contributed by atoms with Gasteiger partial charge < -0.3 is 4.74 Å². The van der Waals surface area contributed by atoms with Gasteiger partial charge in [0.2, 0.25) is 0 Å². The lowest BCUT2D eigenvalue weighted by molar-refractivity contribution is 0.387. The number of methoxy groups -OCH3 is 1. The molecule has 3 heteroatoms. The Morgan fingerprint density at radius 3 is 2.67 bits per heavy atom. The molecule has 0 bridgehead atoms. The minimum absolute atomic E-state index is 0.286. The highest BCUT2D eigenvalue weighted by molar-refractivity contribution is 9.08. The predicted octanol–water partition coefficient (Wildman–Crippen LogP) is 3.88. The summed E-state index contributed by atoms with van der Waals surface area (Å²) in [5, 5.41) is 2.65. The van der Waals surface area contributed by atoms with E-state index in [1.165, 1.54) is 13.2 Å². The Bertz CT molecular complexity index is 496. The van der Waals surface area contributed by atoms with Crippen molar-refractivity contribution in [2.75, 3.05) is 7.11 Å². The number of hydrogen-bond acceptors (Lipinski definition) is 1. The van der Waals surface area contributed by atoms with Crippen LogP contribution in [0.1, 0.15) is 5.56 Å². The normalized spacial score (nSPS) is 10.6. The molecule has 0 amide bonds. The van der Waals surface area contributed by atoms with Crippen molar-refractivity contribution in [3.05, 3.63) is 41.7 Å². The third kappa shape index (κ3) is 1.97. The van der Waals surface area contributed by atoms with Crippen molar-refractivity contribution >= 4 is 26.7 Å². The maximum absolute atomic E-state index is 13.4. The average Bonchev–Trinajstić information content (AvgIpc) is 2.27. The molecule has 0 heterocycles. The maximum Gasteiger partial charge on any atom is 0.165 e. The lowest BCUT2D eigenvalue weighted by atomic mass is 10.1. The van der Waals surface area contributed by atoms with Crippen LogP contribution < -0.4 is 4.74 Å². The number of fused-ring (bicyclic) bond motifs is 1. The van der Waals surface area contributed by atoms with Gasteiger partial charge in [0.15, 0.2) is 11.6 Å². The second-order valence-electron chi connectivity index (χ2n) is 3.30. The molecule has 0 unspecified atom stereocenters. The molecule has 0 aliphatic carbocycles. The fourth-order valence-electron chi connectivity index (χ4n) is 1.54. The van der Waals surface area contributed by atoms with Crippen LogP contribution in [-0.4, -0.2) is 7.11 Å². The standard InChI is InChI=1S/C12H10BrFO/c1-15-12-6-9-3-2-8(7-13)4-10(9)5-11(12)14/h2-6H,7H2,1H3. The first-order chi connectivity index (χ1) is 7.24. The lowest BCUT2D eigenvalue weighted by Crippen LogP contribution is -1.88. The van der Waals surface area contributed by atoms with Crippen LogP contribution in [0, 0.1) is 5.82 Å². The predicted molar refractivity (Wildman–Crippen MR) is 63.1 cm³/mol. The summed E-state index contributed by atoms with van der Waals surface area (Å²) >= 11 is 3.37. The van der Waals surface area contributed by atoms with E-state index in [-0.39, 0.29) is 11.6 Å². The molecule has 0 aliphatic rings. The van der Waals surface area contributed by atoms with Gasteiger partial charge >= 0.3 is 0 Å². The molecular formula is C12H10BrFO. The molecule has 15 heavy (non-hydrogen) atoms. The highest BCUT2D eigenvalue weighted by Gasteiger charge is 2.04. The fraction of sp³-hybridized carbons (Fsp3) is 0.167. The molecule has 0 N–H and O–H groups in total. The van der Waals surface area contributed by atoms with Gasteiger partial charge in [-0.3, -0.25) is 0 Å². The summed E-state index contributed by atoms with van der Waals surface area (Å²) in [7, 11) is 1.47. The molecule has 1 nitrogen and oxygen atoms in total. The van der Waals surface area contributed by atoms with Crippen molar-refractivity contribution in [1.82, 2.24) is 0 Å². The van der Waals surface area contributed by atoms with Crippen LogP contribution in [0.15, 0.2) is 30.3 Å². The molecule has 2 aromatic rings. The Balaban J connectivity index is 2.65. The van der Waals surface area contributed by atoms with Gasteiger partial charge in [0.1, 0.15) is 0 Å². The van der Waals surface area contributed by atoms with Gasteiger partial charge in [-0.2, -0.15) is 0 Å². The van der Waals surface area contributed by atoms with E-state index in [0.717, 1.165) is 21.7 Å². The van der Waals surface area contributed by atoms with Crippen molar-refractivity contribution < 1.29 is 9.13 Å². The van der Waals surface area contributed by atoms with E-state index in [9.17, 15) is 4.39 Å². The number of hydrogen-bond donors (Lipinski definition) is 0. The van der Waals surface area contributed by atoms with E-state index in [2.05, 4.69) is 15.9 Å². The number of benzene rings is 2. The largest absolute Gasteiger partial charge is 0.494 e. The van der Waals surface area contributed by atoms with Crippen molar-refractivity contribution in [2.45, 2.75) is 5.33 Å². The minimum atomic E-state index is -0.322. The Hall–Kier alpha value is -1.09. The van der Waals surface area contributed by atoms with E-state index in [1.807, 2.05) is 18.2 Å². The summed E-state index contributed by atoms with van der Waals surface area (Å²) in [5.74, 6) is -0.0363. The third-order valence-corrected chi connectivity index (χ3v) is 2.98. The maximum atomic E-state index is 13.4. The summed E-state index contributed by atoms with van der Waals surface area (Å²) in [5.41, 5.74) is 1.13. The van der Waals surface area contributed by atoms with Crippen LogP contribution in [0.5, 0.6) is 5.75 Å². The molecular weight excluding hydrogens is 259 g/mol. The molecule has 0 radical (unpaired) electrons. The second kappa shape index (κ2) is 4.19. The Morgan fingerprint density at radius 1 is 1.20 bits per heavy atom. The fourth-order valence-corrected chi connectivity index (χ4v) is 1.89. The number of rotatable bonds is 2. The summed E-state index contributed by atoms with van der Waals surface area (Å²) in [4.78, 5) is 0. The van der Waals surface area contributed by atoms with Crippen LogP contribution in [0.25, 0.3) is 10.8 Å². The van der Waals surface area contributed by atoms with Crippen LogP contribution in [0.3, 0.4) is 0 Å². The van der Waals surface area contributed by atoms with Gasteiger partial charge in [-0.1, -0.05) is 34.1 Å². The summed E-state index contributed by atoms with van der Waals surface area (Å²) < 4.78 is 18.3. The zero-order valence-electron chi connectivity index (χ0n) is 8.26. The van der Waals surface area contributed by atoms with Crippen molar-refractivity contribution in [3.63, 3.8) is 0 Å². The number of ether oxygens (including phenoxy) is 1. The van der Waals surface area contributed by atoms with Crippen LogP contribution in [-0.2, 0) is 5.33 Å². The third-order valence-electron chi connectivity index (χ3n) is 2.33. The second-order valence-corrected chi connectivity index (χ2v) is 3.86. The summed E-state index contributed by atoms with van der Waals surface area (Å²) in [6, 6.07) is 9.15. The van der Waals surface area contributed by atoms with Crippen molar-refractivity contribution in [3.8, 4) is 5.75 Å². The van der Waals surface area contributed by atoms with Gasteiger partial charge in [-0.25, -0.2) is 4.39 Å². The number of halogens is 2. The molecule has 0 aromatic heterocycles. The van der Waals surface area contributed by atoms with Gasteiger partial charge in [-0.15, -0.1) is 0 Å². The molecule has 2 aromatic carbocycles. The SMILES string of the molecule is COc1cc2ccc(CBr)cc2cc1F. The first-order valence-corrected chi connectivity index (χ1v) is 5.69. The van der Waals surface area contributed by atoms with Gasteiger partial charge in [0, 0.05) is 5.33 Å². The molecule has 0 fully saturated rings. The molecule has 0 saturated carbocycles. The monoisotopic (exact) mass is 268 g/mol. The van der Waals surface area contributed by atoms with E-state index in [4.69, 9.17) is 4.74 Å². The number of alkyl halides is 1. The van der Waals surface area contributed by atoms with Gasteiger partial charge in [0.25, 0.3) is 0 Å². The van der Waals surface area contributed by atoms with Crippen molar-refractivity contribution in [1.29, 1.82) is 0 Å². The van der Waals surface area contributed by atoms with Crippen molar-refractivity contribution in [2.24, 2.45) is 0 Å². The average molecular weight is 269 g/mol. The Labute approximate surface area is 96.0 Å². The topological polar surface area (TPSA) is 9.23 Å².